The Hall–Kier alpha value is -2.21. The average Bonchev–Trinajstić information content (AvgIpc) is 2.73. The van der Waals surface area contributed by atoms with Gasteiger partial charge in [0.1, 0.15) is 0 Å². The highest BCUT2D eigenvalue weighted by atomic mass is 35.5. The summed E-state index contributed by atoms with van der Waals surface area (Å²) in [6, 6.07) is 10.5. The monoisotopic (exact) mass is 479 g/mol. The van der Waals surface area contributed by atoms with E-state index in [2.05, 4.69) is 10.2 Å². The summed E-state index contributed by atoms with van der Waals surface area (Å²) < 4.78 is 0. The van der Waals surface area contributed by atoms with Crippen LogP contribution in [0.15, 0.2) is 42.5 Å². The number of nitrogens with zero attached hydrogens (tertiary/aromatic N) is 2. The van der Waals surface area contributed by atoms with Crippen molar-refractivity contribution in [3.63, 3.8) is 0 Å². The lowest BCUT2D eigenvalue weighted by atomic mass is 10.2. The molecule has 0 aliphatic carbocycles. The lowest BCUT2D eigenvalue weighted by Crippen LogP contribution is -2.48. The van der Waals surface area contributed by atoms with Gasteiger partial charge < -0.3 is 15.1 Å². The van der Waals surface area contributed by atoms with Crippen LogP contribution in [0.2, 0.25) is 15.1 Å². The fraction of sp³-hybridized carbons (Fsp3) is 0.304. The second-order valence-corrected chi connectivity index (χ2v) is 8.52. The molecule has 2 aromatic rings. The Morgan fingerprint density at radius 1 is 1.00 bits per heavy atom. The normalized spacial score (nSPS) is 14.2. The first kappa shape index (κ1) is 23.5. The fourth-order valence-electron chi connectivity index (χ4n) is 3.40. The topological polar surface area (TPSA) is 52.7 Å². The Bertz CT molecular complexity index is 986. The van der Waals surface area contributed by atoms with Gasteiger partial charge in [-0.15, -0.1) is 0 Å². The number of piperazine rings is 1. The third-order valence-electron chi connectivity index (χ3n) is 5.03. The first-order valence-corrected chi connectivity index (χ1v) is 11.3. The summed E-state index contributed by atoms with van der Waals surface area (Å²) in [5.74, 6) is -0.0860. The molecule has 2 aromatic carbocycles. The molecule has 1 fully saturated rings. The van der Waals surface area contributed by atoms with Crippen LogP contribution in [0, 0.1) is 0 Å². The number of carbonyl (C=O) groups is 2. The Balaban J connectivity index is 1.59. The predicted molar refractivity (Wildman–Crippen MR) is 129 cm³/mol. The van der Waals surface area contributed by atoms with E-state index in [4.69, 9.17) is 34.8 Å². The van der Waals surface area contributed by atoms with Gasteiger partial charge in [-0.25, -0.2) is 0 Å². The summed E-state index contributed by atoms with van der Waals surface area (Å²) in [7, 11) is 0. The number of nitrogens with one attached hydrogen (secondary N) is 1. The van der Waals surface area contributed by atoms with Crippen molar-refractivity contribution in [1.29, 1.82) is 0 Å². The molecule has 1 aliphatic rings. The number of rotatable bonds is 6. The van der Waals surface area contributed by atoms with Crippen molar-refractivity contribution in [3.8, 4) is 0 Å². The summed E-state index contributed by atoms with van der Waals surface area (Å²) in [5.41, 5.74) is 2.19. The molecule has 1 aliphatic heterocycles. The summed E-state index contributed by atoms with van der Waals surface area (Å²) in [5, 5.41) is 4.36. The number of anilines is 2. The third kappa shape index (κ3) is 6.39. The minimum Gasteiger partial charge on any atom is -0.367 e. The van der Waals surface area contributed by atoms with Crippen molar-refractivity contribution in [2.75, 3.05) is 36.4 Å². The Kier molecular flexibility index (Phi) is 8.24. The van der Waals surface area contributed by atoms with E-state index in [1.54, 1.807) is 30.3 Å². The van der Waals surface area contributed by atoms with Crippen LogP contribution in [-0.4, -0.2) is 42.9 Å². The lowest BCUT2D eigenvalue weighted by molar-refractivity contribution is -0.131. The van der Waals surface area contributed by atoms with Gasteiger partial charge in [-0.2, -0.15) is 0 Å². The predicted octanol–water partition coefficient (Wildman–Crippen LogP) is 5.75. The fourth-order valence-corrected chi connectivity index (χ4v) is 4.17. The molecule has 5 nitrogen and oxygen atoms in total. The molecule has 0 unspecified atom stereocenters. The molecule has 0 bridgehead atoms. The highest BCUT2D eigenvalue weighted by Gasteiger charge is 2.22. The van der Waals surface area contributed by atoms with Crippen LogP contribution in [0.5, 0.6) is 0 Å². The van der Waals surface area contributed by atoms with Gasteiger partial charge in [-0.3, -0.25) is 9.59 Å². The van der Waals surface area contributed by atoms with Crippen molar-refractivity contribution >= 4 is 64.1 Å². The molecule has 1 heterocycles. The quantitative estimate of drug-likeness (QED) is 0.536. The van der Waals surface area contributed by atoms with E-state index < -0.39 is 0 Å². The molecule has 0 atom stereocenters. The first-order valence-electron chi connectivity index (χ1n) is 10.1. The smallest absolute Gasteiger partial charge is 0.248 e. The summed E-state index contributed by atoms with van der Waals surface area (Å²) in [6.45, 7) is 4.84. The van der Waals surface area contributed by atoms with Crippen LogP contribution in [0.25, 0.3) is 6.08 Å². The van der Waals surface area contributed by atoms with E-state index in [0.717, 1.165) is 25.2 Å². The molecule has 0 spiro atoms. The van der Waals surface area contributed by atoms with E-state index in [9.17, 15) is 9.59 Å². The van der Waals surface area contributed by atoms with Crippen LogP contribution in [-0.2, 0) is 9.59 Å². The molecule has 1 saturated heterocycles. The molecule has 0 aromatic heterocycles. The molecule has 0 radical (unpaired) electrons. The maximum Gasteiger partial charge on any atom is 0.248 e. The van der Waals surface area contributed by atoms with Gasteiger partial charge in [0.05, 0.1) is 10.7 Å². The van der Waals surface area contributed by atoms with Crippen molar-refractivity contribution < 1.29 is 9.59 Å². The van der Waals surface area contributed by atoms with Crippen molar-refractivity contribution in [2.45, 2.75) is 19.8 Å². The van der Waals surface area contributed by atoms with Gasteiger partial charge in [-0.1, -0.05) is 47.8 Å². The van der Waals surface area contributed by atoms with Crippen molar-refractivity contribution in [2.24, 2.45) is 0 Å². The second kappa shape index (κ2) is 10.9. The average molecular weight is 481 g/mol. The zero-order chi connectivity index (χ0) is 22.4. The van der Waals surface area contributed by atoms with E-state index in [0.29, 0.717) is 45.8 Å². The standard InChI is InChI=1S/C23H24Cl3N3O2/c1-2-3-23(31)29-12-10-28(11-13-29)21-8-7-18(15-20(21)26)27-22(30)9-5-16-4-6-17(24)14-19(16)25/h4-9,14-15H,2-3,10-13H2,1H3,(H,27,30)/b9-5+. The van der Waals surface area contributed by atoms with Gasteiger partial charge in [0.2, 0.25) is 11.8 Å². The number of halogens is 3. The number of benzene rings is 2. The number of carbonyl (C=O) groups excluding carboxylic acids is 2. The van der Waals surface area contributed by atoms with Crippen LogP contribution in [0.3, 0.4) is 0 Å². The molecule has 8 heteroatoms. The summed E-state index contributed by atoms with van der Waals surface area (Å²) in [6.07, 6.45) is 4.49. The SMILES string of the molecule is CCCC(=O)N1CCN(c2ccc(NC(=O)/C=C/c3ccc(Cl)cc3Cl)cc2Cl)CC1. The number of amides is 2. The Labute approximate surface area is 197 Å². The van der Waals surface area contributed by atoms with E-state index in [1.807, 2.05) is 24.0 Å². The van der Waals surface area contributed by atoms with E-state index in [-0.39, 0.29) is 11.8 Å². The molecule has 1 N–H and O–H groups in total. The van der Waals surface area contributed by atoms with Gasteiger partial charge in [0.25, 0.3) is 0 Å². The van der Waals surface area contributed by atoms with Gasteiger partial charge >= 0.3 is 0 Å². The largest absolute Gasteiger partial charge is 0.367 e. The molecule has 2 amide bonds. The minimum atomic E-state index is -0.294. The van der Waals surface area contributed by atoms with Crippen molar-refractivity contribution in [3.05, 3.63) is 63.1 Å². The molecular weight excluding hydrogens is 457 g/mol. The van der Waals surface area contributed by atoms with Crippen LogP contribution in [0.4, 0.5) is 11.4 Å². The van der Waals surface area contributed by atoms with Crippen molar-refractivity contribution in [1.82, 2.24) is 4.90 Å². The molecule has 164 valence electrons. The van der Waals surface area contributed by atoms with Gasteiger partial charge in [0, 0.05) is 54.4 Å². The van der Waals surface area contributed by atoms with Crippen LogP contribution >= 0.6 is 34.8 Å². The van der Waals surface area contributed by atoms with Crippen LogP contribution in [0.1, 0.15) is 25.3 Å². The number of hydrogen-bond acceptors (Lipinski definition) is 3. The zero-order valence-electron chi connectivity index (χ0n) is 17.2. The summed E-state index contributed by atoms with van der Waals surface area (Å²) in [4.78, 5) is 28.4. The summed E-state index contributed by atoms with van der Waals surface area (Å²) >= 11 is 18.5. The van der Waals surface area contributed by atoms with Crippen LogP contribution < -0.4 is 10.2 Å². The maximum atomic E-state index is 12.3. The van der Waals surface area contributed by atoms with Gasteiger partial charge in [-0.05, 0) is 48.4 Å². The first-order chi connectivity index (χ1) is 14.9. The lowest BCUT2D eigenvalue weighted by Gasteiger charge is -2.36. The molecular formula is C23H24Cl3N3O2. The van der Waals surface area contributed by atoms with Gasteiger partial charge in [0.15, 0.2) is 0 Å². The molecule has 0 saturated carbocycles. The van der Waals surface area contributed by atoms with E-state index >= 15 is 0 Å². The highest BCUT2D eigenvalue weighted by molar-refractivity contribution is 6.35. The molecule has 3 rings (SSSR count). The molecule has 31 heavy (non-hydrogen) atoms. The maximum absolute atomic E-state index is 12.3. The zero-order valence-corrected chi connectivity index (χ0v) is 19.5. The number of hydrogen-bond donors (Lipinski definition) is 1. The Morgan fingerprint density at radius 2 is 1.74 bits per heavy atom. The Morgan fingerprint density at radius 3 is 2.39 bits per heavy atom. The second-order valence-electron chi connectivity index (χ2n) is 7.27. The highest BCUT2D eigenvalue weighted by Crippen LogP contribution is 2.30. The third-order valence-corrected chi connectivity index (χ3v) is 5.89. The van der Waals surface area contributed by atoms with E-state index in [1.165, 1.54) is 6.08 Å². The minimum absolute atomic E-state index is 0.208.